The zero-order valence-electron chi connectivity index (χ0n) is 21.2. The fourth-order valence-corrected chi connectivity index (χ4v) is 3.47. The average molecular weight is 457 g/mol. The first-order chi connectivity index (χ1) is 16.1. The molecule has 6 heteroatoms. The van der Waals surface area contributed by atoms with Crippen molar-refractivity contribution < 1.29 is 9.31 Å². The van der Waals surface area contributed by atoms with Crippen molar-refractivity contribution in [3.63, 3.8) is 0 Å². The van der Waals surface area contributed by atoms with E-state index in [1.54, 1.807) is 6.20 Å². The molecule has 5 nitrogen and oxygen atoms in total. The summed E-state index contributed by atoms with van der Waals surface area (Å²) in [6.45, 7) is 15.4. The molecule has 1 aliphatic heterocycles. The van der Waals surface area contributed by atoms with Crippen molar-refractivity contribution in [2.75, 3.05) is 13.6 Å². The van der Waals surface area contributed by atoms with Crippen molar-refractivity contribution in [1.29, 1.82) is 0 Å². The lowest BCUT2D eigenvalue weighted by Gasteiger charge is -2.32. The van der Waals surface area contributed by atoms with E-state index in [4.69, 9.17) is 15.0 Å². The molecular formula is C28H36BN3O2. The minimum atomic E-state index is -0.351. The minimum Gasteiger partial charge on any atom is -0.399 e. The molecule has 0 bridgehead atoms. The number of benzene rings is 2. The molecule has 0 spiro atoms. The first kappa shape index (κ1) is 25.7. The Morgan fingerprint density at radius 1 is 0.941 bits per heavy atom. The molecule has 0 aliphatic carbocycles. The standard InChI is InChI=1S/C25H27BN2O2.C3H9N/c1-17-7-6-16-28-23(17)22(27)20-10-8-18(9-11-20)19-12-14-21(15-13-19)26-29-24(2,3)25(4,5)30-26;1-3-4-2/h6-16H,1,27H2,2-5H3;4H,3H2,1-2H3/b23-22+;. The average Bonchev–Trinajstić information content (AvgIpc) is 3.06. The van der Waals surface area contributed by atoms with Gasteiger partial charge < -0.3 is 20.4 Å². The van der Waals surface area contributed by atoms with Gasteiger partial charge in [-0.2, -0.15) is 0 Å². The molecule has 1 fully saturated rings. The fraction of sp³-hybridized carbons (Fsp3) is 0.321. The van der Waals surface area contributed by atoms with Gasteiger partial charge in [0.15, 0.2) is 0 Å². The van der Waals surface area contributed by atoms with Gasteiger partial charge >= 0.3 is 7.12 Å². The SMILES string of the molecule is C=c1cccn/c1=C(/N)c1ccc(-c2ccc(B3OC(C)(C)C(C)(C)O3)cc2)cc1.CCNC. The van der Waals surface area contributed by atoms with Crippen LogP contribution in [0.4, 0.5) is 0 Å². The van der Waals surface area contributed by atoms with E-state index in [2.05, 4.69) is 87.9 Å². The maximum Gasteiger partial charge on any atom is 0.494 e. The Labute approximate surface area is 203 Å². The van der Waals surface area contributed by atoms with Gasteiger partial charge in [-0.3, -0.25) is 4.98 Å². The normalized spacial score (nSPS) is 17.1. The highest BCUT2D eigenvalue weighted by molar-refractivity contribution is 6.62. The maximum atomic E-state index is 6.33. The number of pyridine rings is 1. The Morgan fingerprint density at radius 3 is 1.91 bits per heavy atom. The van der Waals surface area contributed by atoms with Gasteiger partial charge in [0.05, 0.1) is 22.2 Å². The van der Waals surface area contributed by atoms with Gasteiger partial charge in [-0.15, -0.1) is 0 Å². The van der Waals surface area contributed by atoms with Gasteiger partial charge in [-0.1, -0.05) is 68.1 Å². The van der Waals surface area contributed by atoms with Crippen molar-refractivity contribution >= 4 is 24.9 Å². The topological polar surface area (TPSA) is 69.4 Å². The monoisotopic (exact) mass is 457 g/mol. The molecule has 1 saturated heterocycles. The first-order valence-corrected chi connectivity index (χ1v) is 11.7. The Balaban J connectivity index is 0.000000751. The van der Waals surface area contributed by atoms with Crippen molar-refractivity contribution in [3.8, 4) is 11.1 Å². The largest absolute Gasteiger partial charge is 0.494 e. The van der Waals surface area contributed by atoms with Crippen LogP contribution in [0.15, 0.2) is 66.9 Å². The summed E-state index contributed by atoms with van der Waals surface area (Å²) in [7, 11) is 1.58. The lowest BCUT2D eigenvalue weighted by molar-refractivity contribution is 0.00578. The summed E-state index contributed by atoms with van der Waals surface area (Å²) < 4.78 is 12.3. The highest BCUT2D eigenvalue weighted by atomic mass is 16.7. The van der Waals surface area contributed by atoms with Crippen LogP contribution in [0.3, 0.4) is 0 Å². The van der Waals surface area contributed by atoms with Crippen molar-refractivity contribution in [1.82, 2.24) is 10.3 Å². The van der Waals surface area contributed by atoms with Crippen LogP contribution < -0.4 is 27.1 Å². The smallest absolute Gasteiger partial charge is 0.399 e. The van der Waals surface area contributed by atoms with Gasteiger partial charge in [0, 0.05) is 6.20 Å². The second-order valence-electron chi connectivity index (χ2n) is 9.42. The van der Waals surface area contributed by atoms with Crippen LogP contribution in [-0.2, 0) is 9.31 Å². The van der Waals surface area contributed by atoms with E-state index >= 15 is 0 Å². The van der Waals surface area contributed by atoms with Crippen molar-refractivity contribution in [2.45, 2.75) is 45.8 Å². The molecule has 0 saturated carbocycles. The zero-order valence-corrected chi connectivity index (χ0v) is 21.2. The summed E-state index contributed by atoms with van der Waals surface area (Å²) in [6, 6.07) is 20.2. The molecule has 3 aromatic rings. The summed E-state index contributed by atoms with van der Waals surface area (Å²) in [5.74, 6) is 0. The number of nitrogens with zero attached hydrogens (tertiary/aromatic N) is 1. The van der Waals surface area contributed by atoms with Gasteiger partial charge in [0.1, 0.15) is 0 Å². The first-order valence-electron chi connectivity index (χ1n) is 11.7. The third-order valence-corrected chi connectivity index (χ3v) is 6.47. The number of aromatic nitrogens is 1. The summed E-state index contributed by atoms with van der Waals surface area (Å²) >= 11 is 0. The Morgan fingerprint density at radius 2 is 1.44 bits per heavy atom. The van der Waals surface area contributed by atoms with Crippen LogP contribution in [0.5, 0.6) is 0 Å². The van der Waals surface area contributed by atoms with Crippen LogP contribution >= 0.6 is 0 Å². The predicted molar refractivity (Wildman–Crippen MR) is 143 cm³/mol. The van der Waals surface area contributed by atoms with Crippen molar-refractivity contribution in [2.24, 2.45) is 5.73 Å². The van der Waals surface area contributed by atoms with E-state index in [1.807, 2.05) is 31.3 Å². The van der Waals surface area contributed by atoms with Gasteiger partial charge in [0.2, 0.25) is 0 Å². The molecule has 0 radical (unpaired) electrons. The van der Waals surface area contributed by atoms with Gasteiger partial charge in [0.25, 0.3) is 0 Å². The third kappa shape index (κ3) is 5.58. The molecule has 178 valence electrons. The number of hydrogen-bond donors (Lipinski definition) is 2. The van der Waals surface area contributed by atoms with Crippen LogP contribution in [0.2, 0.25) is 0 Å². The van der Waals surface area contributed by atoms with Crippen LogP contribution in [-0.4, -0.2) is 36.9 Å². The van der Waals surface area contributed by atoms with E-state index in [0.29, 0.717) is 5.70 Å². The van der Waals surface area contributed by atoms with Gasteiger partial charge in [-0.05, 0) is 74.7 Å². The second kappa shape index (κ2) is 10.6. The molecule has 0 atom stereocenters. The number of nitrogens with one attached hydrogen (secondary N) is 1. The Bertz CT molecular complexity index is 1190. The van der Waals surface area contributed by atoms with Crippen LogP contribution in [0.25, 0.3) is 23.4 Å². The summed E-state index contributed by atoms with van der Waals surface area (Å²) in [6.07, 6.45) is 1.73. The molecule has 0 unspecified atom stereocenters. The quantitative estimate of drug-likeness (QED) is 0.590. The molecule has 1 aromatic heterocycles. The lowest BCUT2D eigenvalue weighted by atomic mass is 9.78. The third-order valence-electron chi connectivity index (χ3n) is 6.47. The summed E-state index contributed by atoms with van der Waals surface area (Å²) in [5.41, 5.74) is 10.4. The summed E-state index contributed by atoms with van der Waals surface area (Å²) in [5, 5.41) is 4.47. The van der Waals surface area contributed by atoms with E-state index < -0.39 is 0 Å². The molecule has 34 heavy (non-hydrogen) atoms. The Hall–Kier alpha value is -2.93. The van der Waals surface area contributed by atoms with Crippen molar-refractivity contribution in [3.05, 3.63) is 83.0 Å². The van der Waals surface area contributed by atoms with E-state index in [9.17, 15) is 0 Å². The molecule has 2 aromatic carbocycles. The van der Waals surface area contributed by atoms with E-state index in [1.165, 1.54) is 0 Å². The Kier molecular flexibility index (Phi) is 7.98. The number of hydrogen-bond acceptors (Lipinski definition) is 5. The molecule has 0 amide bonds. The summed E-state index contributed by atoms with van der Waals surface area (Å²) in [4.78, 5) is 4.35. The number of nitrogens with two attached hydrogens (primary N) is 1. The lowest BCUT2D eigenvalue weighted by Crippen LogP contribution is -2.41. The number of rotatable bonds is 4. The minimum absolute atomic E-state index is 0.343. The molecule has 4 rings (SSSR count). The molecular weight excluding hydrogens is 421 g/mol. The van der Waals surface area contributed by atoms with E-state index in [0.717, 1.165) is 39.3 Å². The van der Waals surface area contributed by atoms with Crippen LogP contribution in [0.1, 0.15) is 40.2 Å². The van der Waals surface area contributed by atoms with E-state index in [-0.39, 0.29) is 18.3 Å². The predicted octanol–water partition coefficient (Wildman–Crippen LogP) is 2.80. The maximum absolute atomic E-state index is 6.33. The zero-order chi connectivity index (χ0) is 24.9. The molecule has 2 heterocycles. The highest BCUT2D eigenvalue weighted by Crippen LogP contribution is 2.36. The fourth-order valence-electron chi connectivity index (χ4n) is 3.47. The molecule has 3 N–H and O–H groups in total. The van der Waals surface area contributed by atoms with Gasteiger partial charge in [-0.25, -0.2) is 0 Å². The highest BCUT2D eigenvalue weighted by Gasteiger charge is 2.51. The van der Waals surface area contributed by atoms with Crippen LogP contribution in [0, 0.1) is 0 Å². The molecule has 1 aliphatic rings. The second-order valence-corrected chi connectivity index (χ2v) is 9.42.